The Balaban J connectivity index is 1.96. The zero-order valence-electron chi connectivity index (χ0n) is 17.2. The van der Waals surface area contributed by atoms with Crippen LogP contribution in [0.25, 0.3) is 0 Å². The van der Waals surface area contributed by atoms with Gasteiger partial charge in [0.1, 0.15) is 6.04 Å². The van der Waals surface area contributed by atoms with Crippen molar-refractivity contribution in [2.75, 3.05) is 45.2 Å². The fourth-order valence-corrected chi connectivity index (χ4v) is 3.51. The molecule has 1 aromatic carbocycles. The van der Waals surface area contributed by atoms with Crippen LogP contribution in [-0.4, -0.2) is 52.1 Å². The summed E-state index contributed by atoms with van der Waals surface area (Å²) < 4.78 is 0. The second kappa shape index (κ2) is 10.3. The van der Waals surface area contributed by atoms with Crippen LogP contribution in [0.5, 0.6) is 0 Å². The maximum absolute atomic E-state index is 12.2. The number of nitrogens with one attached hydrogen (secondary N) is 3. The Hall–Kier alpha value is -2.08. The number of nitrogens with zero attached hydrogens (tertiary/aromatic N) is 1. The summed E-state index contributed by atoms with van der Waals surface area (Å²) in [4.78, 5) is 27.7. The number of hydrogen-bond donors (Lipinski definition) is 3. The highest BCUT2D eigenvalue weighted by atomic mass is 16.2. The van der Waals surface area contributed by atoms with E-state index in [0.717, 1.165) is 25.2 Å². The van der Waals surface area contributed by atoms with Gasteiger partial charge in [-0.05, 0) is 24.5 Å². The lowest BCUT2D eigenvalue weighted by molar-refractivity contribution is -0.918. The van der Waals surface area contributed by atoms with Gasteiger partial charge in [0, 0.05) is 44.7 Å². The average molecular weight is 376 g/mol. The van der Waals surface area contributed by atoms with Gasteiger partial charge in [-0.3, -0.25) is 9.59 Å². The van der Waals surface area contributed by atoms with Crippen LogP contribution in [-0.2, 0) is 9.59 Å². The van der Waals surface area contributed by atoms with Gasteiger partial charge in [0.05, 0.1) is 19.6 Å². The first-order chi connectivity index (χ1) is 12.9. The third kappa shape index (κ3) is 6.54. The first-order valence-electron chi connectivity index (χ1n) is 10.1. The molecule has 0 bridgehead atoms. The van der Waals surface area contributed by atoms with Crippen LogP contribution in [0, 0.1) is 5.92 Å². The largest absolute Gasteiger partial charge is 0.378 e. The summed E-state index contributed by atoms with van der Waals surface area (Å²) >= 11 is 0. The maximum Gasteiger partial charge on any atom is 0.309 e. The van der Waals surface area contributed by atoms with Gasteiger partial charge in [0.25, 0.3) is 0 Å². The molecule has 0 radical (unpaired) electrons. The molecule has 3 N–H and O–H groups in total. The van der Waals surface area contributed by atoms with Crippen LogP contribution >= 0.6 is 0 Å². The van der Waals surface area contributed by atoms with Crippen molar-refractivity contribution in [1.82, 2.24) is 10.6 Å². The van der Waals surface area contributed by atoms with Crippen LogP contribution in [0.3, 0.4) is 0 Å². The van der Waals surface area contributed by atoms with Crippen LogP contribution in [0.1, 0.15) is 44.7 Å². The molecule has 0 aromatic heterocycles. The van der Waals surface area contributed by atoms with Gasteiger partial charge in [0.15, 0.2) is 0 Å². The predicted octanol–water partition coefficient (Wildman–Crippen LogP) is 0.751. The van der Waals surface area contributed by atoms with Gasteiger partial charge in [0.2, 0.25) is 0 Å². The first-order valence-corrected chi connectivity index (χ1v) is 10.1. The van der Waals surface area contributed by atoms with E-state index in [4.69, 9.17) is 0 Å². The quantitative estimate of drug-likeness (QED) is 0.588. The lowest BCUT2D eigenvalue weighted by atomic mass is 10.0. The average Bonchev–Trinajstić information content (AvgIpc) is 3.16. The summed E-state index contributed by atoms with van der Waals surface area (Å²) in [7, 11) is 4.05. The van der Waals surface area contributed by atoms with E-state index in [0.29, 0.717) is 19.0 Å². The highest BCUT2D eigenvalue weighted by molar-refractivity contribution is 6.35. The first kappa shape index (κ1) is 21.2. The Morgan fingerprint density at radius 1 is 1.04 bits per heavy atom. The zero-order chi connectivity index (χ0) is 19.8. The summed E-state index contributed by atoms with van der Waals surface area (Å²) in [6.45, 7) is 7.42. The van der Waals surface area contributed by atoms with E-state index in [9.17, 15) is 9.59 Å². The number of benzene rings is 1. The van der Waals surface area contributed by atoms with E-state index in [2.05, 4.69) is 53.6 Å². The number of rotatable bonds is 8. The summed E-state index contributed by atoms with van der Waals surface area (Å²) in [5, 5.41) is 5.55. The normalized spacial score (nSPS) is 15.6. The molecule has 2 rings (SSSR count). The zero-order valence-corrected chi connectivity index (χ0v) is 17.2. The van der Waals surface area contributed by atoms with E-state index in [1.165, 1.54) is 23.3 Å². The molecule has 1 aliphatic rings. The lowest BCUT2D eigenvalue weighted by Gasteiger charge is -2.25. The maximum atomic E-state index is 12.2. The van der Waals surface area contributed by atoms with Crippen LogP contribution in [0.4, 0.5) is 5.69 Å². The molecule has 1 aromatic rings. The van der Waals surface area contributed by atoms with Crippen molar-refractivity contribution < 1.29 is 14.5 Å². The molecule has 6 nitrogen and oxygen atoms in total. The molecule has 1 aliphatic heterocycles. The Labute approximate surface area is 163 Å². The van der Waals surface area contributed by atoms with Gasteiger partial charge in [-0.15, -0.1) is 0 Å². The number of anilines is 1. The number of amides is 2. The van der Waals surface area contributed by atoms with Crippen LogP contribution < -0.4 is 20.4 Å². The molecule has 0 spiro atoms. The molecule has 0 unspecified atom stereocenters. The number of carbonyl (C=O) groups is 2. The van der Waals surface area contributed by atoms with Gasteiger partial charge in [-0.25, -0.2) is 0 Å². The molecule has 1 heterocycles. The molecule has 0 aliphatic carbocycles. The number of hydrogen-bond acceptors (Lipinski definition) is 3. The van der Waals surface area contributed by atoms with Crippen LogP contribution in [0.2, 0.25) is 0 Å². The van der Waals surface area contributed by atoms with E-state index < -0.39 is 11.8 Å². The van der Waals surface area contributed by atoms with Crippen molar-refractivity contribution in [2.45, 2.75) is 39.2 Å². The van der Waals surface area contributed by atoms with Crippen molar-refractivity contribution >= 4 is 17.5 Å². The second-order valence-electron chi connectivity index (χ2n) is 8.05. The highest BCUT2D eigenvalue weighted by Gasteiger charge is 2.28. The second-order valence-corrected chi connectivity index (χ2v) is 8.05. The third-order valence-electron chi connectivity index (χ3n) is 5.23. The lowest BCUT2D eigenvalue weighted by Crippen LogP contribution is -3.11. The van der Waals surface area contributed by atoms with Gasteiger partial charge in [-0.2, -0.15) is 0 Å². The van der Waals surface area contributed by atoms with E-state index in [-0.39, 0.29) is 6.04 Å². The molecule has 6 heteroatoms. The third-order valence-corrected chi connectivity index (χ3v) is 5.23. The Bertz CT molecular complexity index is 607. The van der Waals surface area contributed by atoms with E-state index >= 15 is 0 Å². The van der Waals surface area contributed by atoms with Gasteiger partial charge < -0.3 is 20.4 Å². The number of quaternary nitrogens is 1. The highest BCUT2D eigenvalue weighted by Crippen LogP contribution is 2.17. The summed E-state index contributed by atoms with van der Waals surface area (Å²) in [6.07, 6.45) is 3.30. The predicted molar refractivity (Wildman–Crippen MR) is 109 cm³/mol. The summed E-state index contributed by atoms with van der Waals surface area (Å²) in [6, 6.07) is 8.67. The summed E-state index contributed by atoms with van der Waals surface area (Å²) in [5.74, 6) is -0.567. The Morgan fingerprint density at radius 3 is 2.19 bits per heavy atom. The Kier molecular flexibility index (Phi) is 8.10. The fraction of sp³-hybridized carbons (Fsp3) is 0.619. The molecule has 1 atom stereocenters. The number of carbonyl (C=O) groups excluding carboxylic acids is 2. The van der Waals surface area contributed by atoms with Crippen molar-refractivity contribution in [3.8, 4) is 0 Å². The monoisotopic (exact) mass is 375 g/mol. The molecule has 2 amide bonds. The molecular formula is C21H35N4O2+. The minimum absolute atomic E-state index is 0.177. The molecule has 150 valence electrons. The summed E-state index contributed by atoms with van der Waals surface area (Å²) in [5.41, 5.74) is 2.36. The fourth-order valence-electron chi connectivity index (χ4n) is 3.51. The molecule has 1 saturated heterocycles. The number of likely N-dealkylation sites (tertiary alicyclic amines) is 1. The molecule has 27 heavy (non-hydrogen) atoms. The smallest absolute Gasteiger partial charge is 0.309 e. The standard InChI is InChI=1S/C21H34N4O2/c1-16(2)11-12-22-20(26)21(27)23-15-19(25-13-5-6-14-25)17-7-9-18(10-8-17)24(3)4/h7-10,16,19H,5-6,11-15H2,1-4H3,(H,22,26)(H,23,27)/p+1/t19-/m0/s1. The van der Waals surface area contributed by atoms with Crippen molar-refractivity contribution in [2.24, 2.45) is 5.92 Å². The van der Waals surface area contributed by atoms with Crippen molar-refractivity contribution in [3.63, 3.8) is 0 Å². The Morgan fingerprint density at radius 2 is 1.63 bits per heavy atom. The van der Waals surface area contributed by atoms with E-state index in [1.807, 2.05) is 14.1 Å². The van der Waals surface area contributed by atoms with Gasteiger partial charge >= 0.3 is 11.8 Å². The minimum atomic E-state index is -0.535. The molecule has 1 fully saturated rings. The van der Waals surface area contributed by atoms with Gasteiger partial charge in [-0.1, -0.05) is 26.0 Å². The van der Waals surface area contributed by atoms with Crippen molar-refractivity contribution in [1.29, 1.82) is 0 Å². The minimum Gasteiger partial charge on any atom is -0.378 e. The van der Waals surface area contributed by atoms with Crippen LogP contribution in [0.15, 0.2) is 24.3 Å². The van der Waals surface area contributed by atoms with E-state index in [1.54, 1.807) is 0 Å². The molecule has 0 saturated carbocycles. The topological polar surface area (TPSA) is 65.9 Å². The van der Waals surface area contributed by atoms with Crippen molar-refractivity contribution in [3.05, 3.63) is 29.8 Å². The SMILES string of the molecule is CC(C)CCNC(=O)C(=O)NC[C@@H](c1ccc(N(C)C)cc1)[NH+]1CCCC1. The molecular weight excluding hydrogens is 340 g/mol.